The van der Waals surface area contributed by atoms with Crippen molar-refractivity contribution in [3.63, 3.8) is 0 Å². The average Bonchev–Trinajstić information content (AvgIpc) is 2.69. The lowest BCUT2D eigenvalue weighted by Gasteiger charge is -2.09. The molecular weight excluding hydrogens is 379 g/mol. The summed E-state index contributed by atoms with van der Waals surface area (Å²) < 4.78 is 47.0. The van der Waals surface area contributed by atoms with Gasteiger partial charge in [0, 0.05) is 5.56 Å². The van der Waals surface area contributed by atoms with Crippen molar-refractivity contribution < 1.29 is 37.0 Å². The minimum Gasteiger partial charge on any atom is -0.465 e. The van der Waals surface area contributed by atoms with E-state index in [1.54, 1.807) is 12.1 Å². The van der Waals surface area contributed by atoms with E-state index in [0.717, 1.165) is 24.3 Å². The zero-order valence-electron chi connectivity index (χ0n) is 14.7. The first-order chi connectivity index (χ1) is 13.2. The summed E-state index contributed by atoms with van der Waals surface area (Å²) >= 11 is 0. The maximum absolute atomic E-state index is 12.5. The number of carbonyl (C=O) groups is 3. The molecule has 0 atom stereocenters. The van der Waals surface area contributed by atoms with E-state index in [9.17, 15) is 27.6 Å². The highest BCUT2D eigenvalue weighted by Crippen LogP contribution is 2.29. The van der Waals surface area contributed by atoms with Crippen molar-refractivity contribution >= 4 is 17.8 Å². The normalized spacial score (nSPS) is 10.9. The predicted molar refractivity (Wildman–Crippen MR) is 91.4 cm³/mol. The molecule has 0 unspecified atom stereocenters. The van der Waals surface area contributed by atoms with Crippen LogP contribution in [0.15, 0.2) is 48.5 Å². The Morgan fingerprint density at radius 3 is 2.04 bits per heavy atom. The molecule has 28 heavy (non-hydrogen) atoms. The third kappa shape index (κ3) is 5.83. The quantitative estimate of drug-likeness (QED) is 0.761. The van der Waals surface area contributed by atoms with Crippen molar-refractivity contribution in [3.8, 4) is 0 Å². The van der Waals surface area contributed by atoms with E-state index >= 15 is 0 Å². The number of carbonyl (C=O) groups excluding carboxylic acids is 3. The van der Waals surface area contributed by atoms with Gasteiger partial charge in [0.2, 0.25) is 0 Å². The molecule has 2 rings (SSSR count). The molecule has 0 radical (unpaired) electrons. The van der Waals surface area contributed by atoms with E-state index in [4.69, 9.17) is 4.74 Å². The first kappa shape index (κ1) is 20.9. The molecule has 0 fully saturated rings. The highest BCUT2D eigenvalue weighted by Gasteiger charge is 2.30. The molecule has 9 heteroatoms. The smallest absolute Gasteiger partial charge is 0.416 e. The molecule has 0 aromatic heterocycles. The van der Waals surface area contributed by atoms with Crippen molar-refractivity contribution in [2.75, 3.05) is 13.7 Å². The first-order valence-electron chi connectivity index (χ1n) is 7.99. The van der Waals surface area contributed by atoms with Gasteiger partial charge in [0.05, 0.1) is 18.2 Å². The average molecular weight is 395 g/mol. The zero-order chi connectivity index (χ0) is 20.7. The first-order valence-corrected chi connectivity index (χ1v) is 7.99. The monoisotopic (exact) mass is 395 g/mol. The van der Waals surface area contributed by atoms with Crippen LogP contribution in [0.5, 0.6) is 0 Å². The third-order valence-electron chi connectivity index (χ3n) is 3.64. The number of benzene rings is 2. The maximum Gasteiger partial charge on any atom is 0.416 e. The van der Waals surface area contributed by atoms with Crippen LogP contribution in [-0.4, -0.2) is 31.5 Å². The van der Waals surface area contributed by atoms with Gasteiger partial charge >= 0.3 is 18.1 Å². The molecule has 0 saturated heterocycles. The van der Waals surface area contributed by atoms with Crippen LogP contribution in [0.3, 0.4) is 0 Å². The summed E-state index contributed by atoms with van der Waals surface area (Å²) in [6, 6.07) is 9.80. The summed E-state index contributed by atoms with van der Waals surface area (Å²) in [4.78, 5) is 34.9. The lowest BCUT2D eigenvalue weighted by atomic mass is 10.1. The molecule has 0 saturated carbocycles. The maximum atomic E-state index is 12.5. The number of hydrogen-bond acceptors (Lipinski definition) is 5. The number of alkyl halides is 3. The second-order valence-corrected chi connectivity index (χ2v) is 5.61. The number of ether oxygens (including phenoxy) is 2. The molecule has 6 nitrogen and oxygen atoms in total. The number of rotatable bonds is 6. The Balaban J connectivity index is 1.80. The number of amides is 1. The minimum absolute atomic E-state index is 0.0146. The van der Waals surface area contributed by atoms with Crippen LogP contribution in [0.4, 0.5) is 13.2 Å². The fourth-order valence-corrected chi connectivity index (χ4v) is 2.13. The topological polar surface area (TPSA) is 81.7 Å². The fraction of sp³-hybridized carbons (Fsp3) is 0.211. The molecule has 2 aromatic carbocycles. The Morgan fingerprint density at radius 2 is 1.50 bits per heavy atom. The van der Waals surface area contributed by atoms with Gasteiger partial charge in [-0.05, 0) is 42.0 Å². The molecule has 0 spiro atoms. The van der Waals surface area contributed by atoms with Crippen molar-refractivity contribution in [1.82, 2.24) is 5.32 Å². The van der Waals surface area contributed by atoms with Gasteiger partial charge in [-0.2, -0.15) is 13.2 Å². The molecule has 1 N–H and O–H groups in total. The van der Waals surface area contributed by atoms with E-state index in [-0.39, 0.29) is 12.2 Å². The minimum atomic E-state index is -4.49. The van der Waals surface area contributed by atoms with Gasteiger partial charge in [-0.15, -0.1) is 0 Å². The Kier molecular flexibility index (Phi) is 6.75. The van der Waals surface area contributed by atoms with Crippen molar-refractivity contribution in [2.24, 2.45) is 0 Å². The number of halogens is 3. The summed E-state index contributed by atoms with van der Waals surface area (Å²) in [5, 5.41) is 2.27. The second-order valence-electron chi connectivity index (χ2n) is 5.61. The van der Waals surface area contributed by atoms with Crippen LogP contribution in [0.25, 0.3) is 0 Å². The number of esters is 2. The van der Waals surface area contributed by atoms with E-state index in [1.165, 1.54) is 19.2 Å². The molecule has 0 aliphatic heterocycles. The van der Waals surface area contributed by atoms with Gasteiger partial charge in [-0.1, -0.05) is 12.1 Å². The van der Waals surface area contributed by atoms with Crippen LogP contribution >= 0.6 is 0 Å². The number of hydrogen-bond donors (Lipinski definition) is 1. The van der Waals surface area contributed by atoms with Crippen molar-refractivity contribution in [2.45, 2.75) is 12.8 Å². The molecule has 1 amide bonds. The van der Waals surface area contributed by atoms with Gasteiger partial charge in [-0.3, -0.25) is 9.59 Å². The number of nitrogens with one attached hydrogen (secondary N) is 1. The van der Waals surface area contributed by atoms with Crippen LogP contribution in [0.1, 0.15) is 31.8 Å². The molecule has 0 aliphatic rings. The SMILES string of the molecule is COC(=O)c1ccc(COC(=O)CNC(=O)c2ccc(C(F)(F)F)cc2)cc1. The molecule has 0 bridgehead atoms. The molecular formula is C19H16F3NO5. The number of methoxy groups -OCH3 is 1. The van der Waals surface area contributed by atoms with Gasteiger partial charge in [0.15, 0.2) is 0 Å². The van der Waals surface area contributed by atoms with Crippen molar-refractivity contribution in [3.05, 3.63) is 70.8 Å². The van der Waals surface area contributed by atoms with E-state index in [0.29, 0.717) is 11.1 Å². The molecule has 0 heterocycles. The molecule has 148 valence electrons. The summed E-state index contributed by atoms with van der Waals surface area (Å²) in [7, 11) is 1.26. The van der Waals surface area contributed by atoms with Gasteiger partial charge in [0.25, 0.3) is 5.91 Å². The predicted octanol–water partition coefficient (Wildman–Crippen LogP) is 2.97. The van der Waals surface area contributed by atoms with Crippen LogP contribution in [-0.2, 0) is 27.1 Å². The van der Waals surface area contributed by atoms with Crippen LogP contribution < -0.4 is 5.32 Å². The van der Waals surface area contributed by atoms with Crippen LogP contribution in [0, 0.1) is 0 Å². The highest BCUT2D eigenvalue weighted by atomic mass is 19.4. The van der Waals surface area contributed by atoms with Gasteiger partial charge < -0.3 is 14.8 Å². The summed E-state index contributed by atoms with van der Waals surface area (Å²) in [6.45, 7) is -0.517. The van der Waals surface area contributed by atoms with E-state index < -0.39 is 36.1 Å². The summed E-state index contributed by atoms with van der Waals surface area (Å²) in [5.41, 5.74) is 0.0809. The zero-order valence-corrected chi connectivity index (χ0v) is 14.7. The lowest BCUT2D eigenvalue weighted by molar-refractivity contribution is -0.143. The van der Waals surface area contributed by atoms with Crippen molar-refractivity contribution in [1.29, 1.82) is 0 Å². The fourth-order valence-electron chi connectivity index (χ4n) is 2.13. The Labute approximate surface area is 158 Å². The van der Waals surface area contributed by atoms with E-state index in [1.807, 2.05) is 0 Å². The Hall–Kier alpha value is -3.36. The van der Waals surface area contributed by atoms with Gasteiger partial charge in [0.1, 0.15) is 13.2 Å². The molecule has 2 aromatic rings. The summed E-state index contributed by atoms with van der Waals surface area (Å²) in [5.74, 6) is -1.92. The Bertz CT molecular complexity index is 845. The second kappa shape index (κ2) is 9.03. The highest BCUT2D eigenvalue weighted by molar-refractivity contribution is 5.96. The Morgan fingerprint density at radius 1 is 0.929 bits per heavy atom. The van der Waals surface area contributed by atoms with E-state index in [2.05, 4.69) is 10.1 Å². The lowest BCUT2D eigenvalue weighted by Crippen LogP contribution is -2.30. The third-order valence-corrected chi connectivity index (χ3v) is 3.64. The van der Waals surface area contributed by atoms with Crippen LogP contribution in [0.2, 0.25) is 0 Å². The molecule has 0 aliphatic carbocycles. The van der Waals surface area contributed by atoms with Gasteiger partial charge in [-0.25, -0.2) is 4.79 Å². The largest absolute Gasteiger partial charge is 0.465 e. The standard InChI is InChI=1S/C19H16F3NO5/c1-27-18(26)14-4-2-12(3-5-14)11-28-16(24)10-23-17(25)13-6-8-15(9-7-13)19(20,21)22/h2-9H,10-11H2,1H3,(H,23,25). The summed E-state index contributed by atoms with van der Waals surface area (Å²) in [6.07, 6.45) is -4.49.